The van der Waals surface area contributed by atoms with Crippen molar-refractivity contribution < 1.29 is 20.1 Å². The fraction of sp³-hybridized carbons (Fsp3) is 0.444. The number of phenols is 1. The summed E-state index contributed by atoms with van der Waals surface area (Å²) in [5, 5.41) is 30.1. The number of benzene rings is 1. The van der Waals surface area contributed by atoms with Gasteiger partial charge in [-0.15, -0.1) is 0 Å². The third-order valence-corrected chi connectivity index (χ3v) is 5.03. The summed E-state index contributed by atoms with van der Waals surface area (Å²) in [6.07, 6.45) is 5.67. The molecule has 1 aliphatic carbocycles. The van der Waals surface area contributed by atoms with Gasteiger partial charge in [0, 0.05) is 17.9 Å². The van der Waals surface area contributed by atoms with Gasteiger partial charge in [0.05, 0.1) is 5.60 Å². The van der Waals surface area contributed by atoms with Crippen LogP contribution in [0.4, 0.5) is 0 Å². The van der Waals surface area contributed by atoms with Crippen molar-refractivity contribution in [2.75, 3.05) is 0 Å². The van der Waals surface area contributed by atoms with Crippen LogP contribution in [0.2, 0.25) is 0 Å². The summed E-state index contributed by atoms with van der Waals surface area (Å²) in [5.41, 5.74) is -0.783. The highest BCUT2D eigenvalue weighted by atomic mass is 16.5. The second-order valence-corrected chi connectivity index (χ2v) is 6.81. The minimum absolute atomic E-state index is 0.0614. The topological polar surface area (TPSA) is 69.9 Å². The van der Waals surface area contributed by atoms with Crippen molar-refractivity contribution in [3.8, 4) is 11.5 Å². The normalized spacial score (nSPS) is 37.2. The van der Waals surface area contributed by atoms with Gasteiger partial charge in [0.2, 0.25) is 0 Å². The lowest BCUT2D eigenvalue weighted by Gasteiger charge is -2.49. The van der Waals surface area contributed by atoms with E-state index >= 15 is 0 Å². The van der Waals surface area contributed by atoms with Crippen molar-refractivity contribution in [1.29, 1.82) is 0 Å². The Labute approximate surface area is 130 Å². The fourth-order valence-corrected chi connectivity index (χ4v) is 3.65. The van der Waals surface area contributed by atoms with Crippen LogP contribution in [-0.4, -0.2) is 26.5 Å². The highest BCUT2D eigenvalue weighted by Gasteiger charge is 2.51. The van der Waals surface area contributed by atoms with Gasteiger partial charge in [-0.05, 0) is 44.1 Å². The number of allylic oxidation sites excluding steroid dienone is 1. The Hall–Kier alpha value is -1.94. The van der Waals surface area contributed by atoms with E-state index in [2.05, 4.69) is 6.92 Å². The summed E-state index contributed by atoms with van der Waals surface area (Å²) >= 11 is 0. The molecule has 1 aromatic carbocycles. The van der Waals surface area contributed by atoms with Crippen molar-refractivity contribution in [3.05, 3.63) is 47.7 Å². The number of ether oxygens (including phenoxy) is 1. The van der Waals surface area contributed by atoms with E-state index in [4.69, 9.17) is 4.74 Å². The van der Waals surface area contributed by atoms with E-state index in [9.17, 15) is 15.3 Å². The highest BCUT2D eigenvalue weighted by molar-refractivity contribution is 5.43. The first-order chi connectivity index (χ1) is 10.2. The number of aliphatic hydroxyl groups excluding tert-OH is 1. The lowest BCUT2D eigenvalue weighted by Crippen LogP contribution is -2.56. The lowest BCUT2D eigenvalue weighted by molar-refractivity contribution is -0.0871. The summed E-state index contributed by atoms with van der Waals surface area (Å²) in [6, 6.07) is 5.16. The summed E-state index contributed by atoms with van der Waals surface area (Å²) in [5.74, 6) is 0.745. The molecule has 0 spiro atoms. The molecule has 22 heavy (non-hydrogen) atoms. The standard InChI is InChI=1S/C18H22O4/c1-11-8-12-4-5-13(19)9-15(12)22-18(11,3)16-7-6-14(20)10-17(16,2)21/h4-7,9-11,16,19-21H,8H2,1-3H3. The number of aromatic hydroxyl groups is 1. The van der Waals surface area contributed by atoms with E-state index in [1.165, 1.54) is 6.08 Å². The molecule has 0 saturated carbocycles. The molecule has 0 bridgehead atoms. The lowest BCUT2D eigenvalue weighted by atomic mass is 9.67. The van der Waals surface area contributed by atoms with E-state index in [0.29, 0.717) is 5.75 Å². The Kier molecular flexibility index (Phi) is 3.25. The third-order valence-electron chi connectivity index (χ3n) is 5.03. The molecular formula is C18H22O4. The monoisotopic (exact) mass is 302 g/mol. The SMILES string of the molecule is CC1Cc2ccc(O)cc2OC1(C)C1C=CC(O)=CC1(C)O. The van der Waals surface area contributed by atoms with Crippen LogP contribution in [0.25, 0.3) is 0 Å². The molecule has 4 unspecified atom stereocenters. The second-order valence-electron chi connectivity index (χ2n) is 6.81. The molecule has 0 saturated heterocycles. The minimum atomic E-state index is -1.20. The maximum atomic E-state index is 10.7. The average Bonchev–Trinajstić information content (AvgIpc) is 2.39. The molecule has 0 aromatic heterocycles. The molecular weight excluding hydrogens is 280 g/mol. The summed E-state index contributed by atoms with van der Waals surface area (Å²) in [4.78, 5) is 0. The summed E-state index contributed by atoms with van der Waals surface area (Å²) in [6.45, 7) is 5.75. The smallest absolute Gasteiger partial charge is 0.127 e. The van der Waals surface area contributed by atoms with Gasteiger partial charge in [0.15, 0.2) is 0 Å². The zero-order chi connectivity index (χ0) is 16.1. The van der Waals surface area contributed by atoms with E-state index < -0.39 is 11.2 Å². The van der Waals surface area contributed by atoms with Crippen LogP contribution < -0.4 is 4.74 Å². The molecule has 4 heteroatoms. The predicted octanol–water partition coefficient (Wildman–Crippen LogP) is 3.10. The van der Waals surface area contributed by atoms with Crippen LogP contribution in [-0.2, 0) is 6.42 Å². The van der Waals surface area contributed by atoms with Crippen LogP contribution >= 0.6 is 0 Å². The first kappa shape index (κ1) is 15.0. The summed E-state index contributed by atoms with van der Waals surface area (Å²) < 4.78 is 6.24. The average molecular weight is 302 g/mol. The highest BCUT2D eigenvalue weighted by Crippen LogP contribution is 2.47. The molecule has 3 rings (SSSR count). The van der Waals surface area contributed by atoms with Crippen molar-refractivity contribution in [3.63, 3.8) is 0 Å². The molecule has 4 atom stereocenters. The zero-order valence-corrected chi connectivity index (χ0v) is 13.1. The third kappa shape index (κ3) is 2.28. The van der Waals surface area contributed by atoms with Crippen LogP contribution in [0.1, 0.15) is 26.3 Å². The number of fused-ring (bicyclic) bond motifs is 1. The Bertz CT molecular complexity index is 659. The molecule has 3 N–H and O–H groups in total. The zero-order valence-electron chi connectivity index (χ0n) is 13.1. The number of phenolic OH excluding ortho intramolecular Hbond substituents is 1. The van der Waals surface area contributed by atoms with Gasteiger partial charge in [-0.1, -0.05) is 19.1 Å². The number of rotatable bonds is 1. The first-order valence-corrected chi connectivity index (χ1v) is 7.55. The molecule has 1 aliphatic heterocycles. The van der Waals surface area contributed by atoms with Gasteiger partial charge in [0.1, 0.15) is 22.9 Å². The molecule has 1 heterocycles. The van der Waals surface area contributed by atoms with Crippen LogP contribution in [0.15, 0.2) is 42.2 Å². The Balaban J connectivity index is 2.01. The number of hydrogen-bond donors (Lipinski definition) is 3. The minimum Gasteiger partial charge on any atom is -0.508 e. The van der Waals surface area contributed by atoms with Crippen molar-refractivity contribution in [2.24, 2.45) is 11.8 Å². The van der Waals surface area contributed by atoms with Crippen LogP contribution in [0, 0.1) is 11.8 Å². The van der Waals surface area contributed by atoms with Gasteiger partial charge in [-0.2, -0.15) is 0 Å². The fourth-order valence-electron chi connectivity index (χ4n) is 3.65. The molecule has 0 radical (unpaired) electrons. The van der Waals surface area contributed by atoms with E-state index in [0.717, 1.165) is 12.0 Å². The second kappa shape index (κ2) is 4.78. The largest absolute Gasteiger partial charge is 0.508 e. The maximum Gasteiger partial charge on any atom is 0.127 e. The Morgan fingerprint density at radius 1 is 1.23 bits per heavy atom. The first-order valence-electron chi connectivity index (χ1n) is 7.55. The molecule has 4 nitrogen and oxygen atoms in total. The summed E-state index contributed by atoms with van der Waals surface area (Å²) in [7, 11) is 0. The predicted molar refractivity (Wildman–Crippen MR) is 84.0 cm³/mol. The van der Waals surface area contributed by atoms with Gasteiger partial charge >= 0.3 is 0 Å². The van der Waals surface area contributed by atoms with Gasteiger partial charge in [-0.25, -0.2) is 0 Å². The van der Waals surface area contributed by atoms with E-state index in [1.807, 2.05) is 13.0 Å². The van der Waals surface area contributed by atoms with Crippen molar-refractivity contribution in [2.45, 2.75) is 38.4 Å². The maximum absolute atomic E-state index is 10.7. The van der Waals surface area contributed by atoms with E-state index in [1.54, 1.807) is 31.2 Å². The van der Waals surface area contributed by atoms with Crippen molar-refractivity contribution >= 4 is 0 Å². The molecule has 0 amide bonds. The molecule has 0 fully saturated rings. The van der Waals surface area contributed by atoms with E-state index in [-0.39, 0.29) is 23.3 Å². The number of hydrogen-bond acceptors (Lipinski definition) is 4. The molecule has 118 valence electrons. The van der Waals surface area contributed by atoms with Gasteiger partial charge < -0.3 is 20.1 Å². The Morgan fingerprint density at radius 2 is 1.95 bits per heavy atom. The molecule has 1 aromatic rings. The van der Waals surface area contributed by atoms with Gasteiger partial charge in [-0.3, -0.25) is 0 Å². The van der Waals surface area contributed by atoms with Crippen LogP contribution in [0.5, 0.6) is 11.5 Å². The van der Waals surface area contributed by atoms with Gasteiger partial charge in [0.25, 0.3) is 0 Å². The van der Waals surface area contributed by atoms with Crippen LogP contribution in [0.3, 0.4) is 0 Å². The molecule has 2 aliphatic rings. The quantitative estimate of drug-likeness (QED) is 0.745. The number of aliphatic hydroxyl groups is 2. The Morgan fingerprint density at radius 3 is 2.64 bits per heavy atom. The van der Waals surface area contributed by atoms with Crippen molar-refractivity contribution in [1.82, 2.24) is 0 Å².